The molecule has 30 heavy (non-hydrogen) atoms. The molecule has 7 nitrogen and oxygen atoms in total. The quantitative estimate of drug-likeness (QED) is 0.681. The second-order valence-electron chi connectivity index (χ2n) is 8.12. The van der Waals surface area contributed by atoms with Crippen molar-refractivity contribution in [2.45, 2.75) is 45.7 Å². The van der Waals surface area contributed by atoms with Crippen LogP contribution in [0.5, 0.6) is 0 Å². The molecule has 1 amide bonds. The van der Waals surface area contributed by atoms with Gasteiger partial charge in [-0.15, -0.1) is 0 Å². The Morgan fingerprint density at radius 1 is 1.20 bits per heavy atom. The lowest BCUT2D eigenvalue weighted by Crippen LogP contribution is -2.43. The molecule has 0 unspecified atom stereocenters. The molecule has 0 saturated carbocycles. The Morgan fingerprint density at radius 2 is 2.00 bits per heavy atom. The molecule has 0 spiro atoms. The average Bonchev–Trinajstić information content (AvgIpc) is 3.02. The van der Waals surface area contributed by atoms with Crippen molar-refractivity contribution < 1.29 is 4.79 Å². The molecule has 3 heterocycles. The molecule has 1 saturated heterocycles. The number of likely N-dealkylation sites (tertiary alicyclic amines) is 1. The van der Waals surface area contributed by atoms with Gasteiger partial charge in [-0.05, 0) is 57.5 Å². The van der Waals surface area contributed by atoms with E-state index in [9.17, 15) is 9.59 Å². The van der Waals surface area contributed by atoms with E-state index in [2.05, 4.69) is 22.1 Å². The number of hydrogen-bond donors (Lipinski definition) is 1. The van der Waals surface area contributed by atoms with Gasteiger partial charge >= 0.3 is 5.69 Å². The van der Waals surface area contributed by atoms with E-state index in [4.69, 9.17) is 0 Å². The molecule has 1 aliphatic heterocycles. The molecule has 7 heteroatoms. The standard InChI is InChI=1S/C23H29N5O2/c1-17-8-10-19(11-9-17)28-22-20(7-5-12-25-22)27(23(28)30)16-21(29)24-13-15-26-14-4-3-6-18(26)2/h5,7-12,18H,3-4,6,13-16H2,1-2H3,(H,24,29)/t18-/m0/s1. The van der Waals surface area contributed by atoms with Crippen LogP contribution < -0.4 is 11.0 Å². The maximum Gasteiger partial charge on any atom is 0.335 e. The first-order valence-corrected chi connectivity index (χ1v) is 10.7. The van der Waals surface area contributed by atoms with E-state index >= 15 is 0 Å². The van der Waals surface area contributed by atoms with Crippen LogP contribution >= 0.6 is 0 Å². The first kappa shape index (κ1) is 20.3. The number of amides is 1. The van der Waals surface area contributed by atoms with E-state index in [-0.39, 0.29) is 18.1 Å². The number of carbonyl (C=O) groups excluding carboxylic acids is 1. The summed E-state index contributed by atoms with van der Waals surface area (Å²) in [6, 6.07) is 11.9. The SMILES string of the molecule is Cc1ccc(-n2c(=O)n(CC(=O)NCCN3CCCC[C@@H]3C)c3cccnc32)cc1. The Kier molecular flexibility index (Phi) is 5.99. The minimum absolute atomic E-state index is 0.0184. The summed E-state index contributed by atoms with van der Waals surface area (Å²) in [5, 5.41) is 2.98. The van der Waals surface area contributed by atoms with Crippen molar-refractivity contribution in [3.63, 3.8) is 0 Å². The number of pyridine rings is 1. The first-order chi connectivity index (χ1) is 14.5. The molecule has 1 N–H and O–H groups in total. The highest BCUT2D eigenvalue weighted by Crippen LogP contribution is 2.17. The van der Waals surface area contributed by atoms with Crippen LogP contribution in [0.4, 0.5) is 0 Å². The molecule has 1 fully saturated rings. The van der Waals surface area contributed by atoms with Gasteiger partial charge in [0, 0.05) is 25.3 Å². The summed E-state index contributed by atoms with van der Waals surface area (Å²) in [5.41, 5.74) is 2.81. The molecule has 3 aromatic rings. The van der Waals surface area contributed by atoms with E-state index in [1.165, 1.54) is 23.8 Å². The number of carbonyl (C=O) groups is 1. The van der Waals surface area contributed by atoms with Crippen LogP contribution in [-0.2, 0) is 11.3 Å². The molecular formula is C23H29N5O2. The third-order valence-corrected chi connectivity index (χ3v) is 5.95. The van der Waals surface area contributed by atoms with E-state index in [0.29, 0.717) is 23.8 Å². The summed E-state index contributed by atoms with van der Waals surface area (Å²) >= 11 is 0. The second kappa shape index (κ2) is 8.83. The highest BCUT2D eigenvalue weighted by atomic mass is 16.2. The maximum atomic E-state index is 13.2. The molecule has 0 bridgehead atoms. The summed E-state index contributed by atoms with van der Waals surface area (Å²) in [4.78, 5) is 32.6. The van der Waals surface area contributed by atoms with Gasteiger partial charge < -0.3 is 5.32 Å². The van der Waals surface area contributed by atoms with Gasteiger partial charge in [0.15, 0.2) is 5.65 Å². The highest BCUT2D eigenvalue weighted by molar-refractivity contribution is 5.80. The van der Waals surface area contributed by atoms with Gasteiger partial charge in [-0.25, -0.2) is 14.3 Å². The Hall–Kier alpha value is -2.93. The van der Waals surface area contributed by atoms with E-state index < -0.39 is 0 Å². The number of piperidine rings is 1. The molecule has 0 aliphatic carbocycles. The molecule has 4 rings (SSSR count). The van der Waals surface area contributed by atoms with Crippen molar-refractivity contribution in [3.05, 3.63) is 58.6 Å². The normalized spacial score (nSPS) is 17.3. The summed E-state index contributed by atoms with van der Waals surface area (Å²) < 4.78 is 3.07. The summed E-state index contributed by atoms with van der Waals surface area (Å²) in [6.45, 7) is 6.75. The molecule has 1 aromatic carbocycles. The lowest BCUT2D eigenvalue weighted by Gasteiger charge is -2.33. The van der Waals surface area contributed by atoms with E-state index in [1.54, 1.807) is 16.8 Å². The third-order valence-electron chi connectivity index (χ3n) is 5.95. The Bertz CT molecular complexity index is 1080. The van der Waals surface area contributed by atoms with Crippen LogP contribution in [0.3, 0.4) is 0 Å². The fourth-order valence-corrected chi connectivity index (χ4v) is 4.19. The molecule has 158 valence electrons. The topological polar surface area (TPSA) is 72.2 Å². The van der Waals surface area contributed by atoms with Crippen molar-refractivity contribution in [3.8, 4) is 5.69 Å². The zero-order valence-electron chi connectivity index (χ0n) is 17.7. The van der Waals surface area contributed by atoms with E-state index in [1.807, 2.05) is 37.3 Å². The van der Waals surface area contributed by atoms with Crippen LogP contribution in [0.15, 0.2) is 47.4 Å². The summed E-state index contributed by atoms with van der Waals surface area (Å²) in [7, 11) is 0. The van der Waals surface area contributed by atoms with Gasteiger partial charge in [-0.3, -0.25) is 14.3 Å². The number of nitrogens with zero attached hydrogens (tertiary/aromatic N) is 4. The van der Waals surface area contributed by atoms with Crippen LogP contribution in [0.2, 0.25) is 0 Å². The minimum atomic E-state index is -0.257. The van der Waals surface area contributed by atoms with Crippen LogP contribution in [0.1, 0.15) is 31.7 Å². The van der Waals surface area contributed by atoms with Gasteiger partial charge in [0.25, 0.3) is 0 Å². The minimum Gasteiger partial charge on any atom is -0.353 e. The number of rotatable bonds is 6. The van der Waals surface area contributed by atoms with Gasteiger partial charge in [0.05, 0.1) is 11.2 Å². The van der Waals surface area contributed by atoms with Crippen molar-refractivity contribution >= 4 is 17.1 Å². The van der Waals surface area contributed by atoms with Crippen molar-refractivity contribution in [2.24, 2.45) is 0 Å². The van der Waals surface area contributed by atoms with Crippen molar-refractivity contribution in [1.29, 1.82) is 0 Å². The van der Waals surface area contributed by atoms with Gasteiger partial charge in [0.2, 0.25) is 5.91 Å². The van der Waals surface area contributed by atoms with Crippen molar-refractivity contribution in [2.75, 3.05) is 19.6 Å². The predicted octanol–water partition coefficient (Wildman–Crippen LogP) is 2.49. The molecule has 1 aliphatic rings. The number of aromatic nitrogens is 3. The number of nitrogens with one attached hydrogen (secondary N) is 1. The fraction of sp³-hybridized carbons (Fsp3) is 0.435. The van der Waals surface area contributed by atoms with Gasteiger partial charge in [-0.2, -0.15) is 0 Å². The van der Waals surface area contributed by atoms with Crippen LogP contribution in [0.25, 0.3) is 16.9 Å². The average molecular weight is 408 g/mol. The third kappa shape index (κ3) is 4.16. The number of imidazole rings is 1. The number of benzene rings is 1. The lowest BCUT2D eigenvalue weighted by molar-refractivity contribution is -0.121. The molecular weight excluding hydrogens is 378 g/mol. The number of fused-ring (bicyclic) bond motifs is 1. The Morgan fingerprint density at radius 3 is 2.77 bits per heavy atom. The van der Waals surface area contributed by atoms with Crippen LogP contribution in [0, 0.1) is 6.92 Å². The zero-order chi connectivity index (χ0) is 21.1. The largest absolute Gasteiger partial charge is 0.353 e. The predicted molar refractivity (Wildman–Crippen MR) is 118 cm³/mol. The van der Waals surface area contributed by atoms with Gasteiger partial charge in [0.1, 0.15) is 6.54 Å². The van der Waals surface area contributed by atoms with E-state index in [0.717, 1.165) is 24.3 Å². The monoisotopic (exact) mass is 407 g/mol. The van der Waals surface area contributed by atoms with Crippen LogP contribution in [-0.4, -0.2) is 50.6 Å². The molecule has 1 atom stereocenters. The number of aryl methyl sites for hydroxylation is 1. The van der Waals surface area contributed by atoms with Gasteiger partial charge in [-0.1, -0.05) is 24.1 Å². The Balaban J connectivity index is 1.51. The zero-order valence-corrected chi connectivity index (χ0v) is 17.7. The fourth-order valence-electron chi connectivity index (χ4n) is 4.19. The number of hydrogen-bond acceptors (Lipinski definition) is 4. The first-order valence-electron chi connectivity index (χ1n) is 10.7. The maximum absolute atomic E-state index is 13.2. The Labute approximate surface area is 176 Å². The lowest BCUT2D eigenvalue weighted by atomic mass is 10.0. The molecule has 2 aromatic heterocycles. The smallest absolute Gasteiger partial charge is 0.335 e. The summed E-state index contributed by atoms with van der Waals surface area (Å²) in [5.74, 6) is -0.159. The summed E-state index contributed by atoms with van der Waals surface area (Å²) in [6.07, 6.45) is 5.39. The second-order valence-corrected chi connectivity index (χ2v) is 8.12. The molecule has 0 radical (unpaired) electrons. The highest BCUT2D eigenvalue weighted by Gasteiger charge is 2.19. The van der Waals surface area contributed by atoms with Crippen molar-refractivity contribution in [1.82, 2.24) is 24.3 Å².